The normalized spacial score (nSPS) is 11.7. The Morgan fingerprint density at radius 2 is 2.58 bits per heavy atom. The Bertz CT molecular complexity index is 238. The summed E-state index contributed by atoms with van der Waals surface area (Å²) >= 11 is 0. The van der Waals surface area contributed by atoms with Crippen LogP contribution in [0.3, 0.4) is 0 Å². The summed E-state index contributed by atoms with van der Waals surface area (Å²) in [5.41, 5.74) is 3.83. The van der Waals surface area contributed by atoms with Crippen molar-refractivity contribution < 1.29 is 0 Å². The van der Waals surface area contributed by atoms with Crippen molar-refractivity contribution in [3.8, 4) is 0 Å². The van der Waals surface area contributed by atoms with Crippen molar-refractivity contribution >= 4 is 11.7 Å². The minimum atomic E-state index is 0.574. The number of hydrazone groups is 1. The molecule has 5 nitrogen and oxygen atoms in total. The maximum absolute atomic E-state index is 4.09. The van der Waals surface area contributed by atoms with Gasteiger partial charge in [0.25, 0.3) is 0 Å². The van der Waals surface area contributed by atoms with Crippen LogP contribution in [0.2, 0.25) is 0 Å². The van der Waals surface area contributed by atoms with E-state index in [1.165, 1.54) is 6.33 Å². The lowest BCUT2D eigenvalue weighted by Gasteiger charge is -1.96. The van der Waals surface area contributed by atoms with Crippen LogP contribution in [0.25, 0.3) is 0 Å². The highest BCUT2D eigenvalue weighted by molar-refractivity contribution is 5.82. The number of H-pyrrole nitrogens is 1. The first kappa shape index (κ1) is 8.70. The lowest BCUT2D eigenvalue weighted by atomic mass is 10.2. The van der Waals surface area contributed by atoms with Crippen molar-refractivity contribution in [2.24, 2.45) is 5.10 Å². The summed E-state index contributed by atoms with van der Waals surface area (Å²) in [6, 6.07) is 0. The van der Waals surface area contributed by atoms with Gasteiger partial charge < -0.3 is 0 Å². The van der Waals surface area contributed by atoms with E-state index in [2.05, 4.69) is 32.6 Å². The Morgan fingerprint density at radius 3 is 3.17 bits per heavy atom. The average Bonchev–Trinajstić information content (AvgIpc) is 2.53. The van der Waals surface area contributed by atoms with Crippen LogP contribution < -0.4 is 5.43 Å². The zero-order valence-electron chi connectivity index (χ0n) is 7.33. The van der Waals surface area contributed by atoms with Gasteiger partial charge in [0.1, 0.15) is 6.33 Å². The van der Waals surface area contributed by atoms with Gasteiger partial charge in [0, 0.05) is 5.71 Å². The minimum absolute atomic E-state index is 0.574. The van der Waals surface area contributed by atoms with E-state index in [1.807, 2.05) is 6.92 Å². The van der Waals surface area contributed by atoms with Crippen LogP contribution in [0.5, 0.6) is 0 Å². The van der Waals surface area contributed by atoms with E-state index < -0.39 is 0 Å². The smallest absolute Gasteiger partial charge is 0.239 e. The molecule has 12 heavy (non-hydrogen) atoms. The van der Waals surface area contributed by atoms with E-state index >= 15 is 0 Å². The molecule has 0 spiro atoms. The Kier molecular flexibility index (Phi) is 3.25. The predicted molar refractivity (Wildman–Crippen MR) is 48.0 cm³/mol. The molecule has 1 aromatic heterocycles. The highest BCUT2D eigenvalue weighted by Gasteiger charge is 1.91. The van der Waals surface area contributed by atoms with Crippen LogP contribution in [0.4, 0.5) is 5.95 Å². The number of rotatable bonds is 4. The molecule has 0 aliphatic heterocycles. The molecule has 5 heteroatoms. The van der Waals surface area contributed by atoms with Crippen molar-refractivity contribution in [3.05, 3.63) is 6.33 Å². The van der Waals surface area contributed by atoms with Crippen LogP contribution in [0, 0.1) is 0 Å². The number of nitrogens with zero attached hydrogens (tertiary/aromatic N) is 3. The molecule has 1 aromatic rings. The third-order valence-corrected chi connectivity index (χ3v) is 1.38. The predicted octanol–water partition coefficient (Wildman–Crippen LogP) is 1.39. The van der Waals surface area contributed by atoms with E-state index in [-0.39, 0.29) is 0 Å². The highest BCUT2D eigenvalue weighted by atomic mass is 15.4. The number of aromatic amines is 1. The molecule has 0 amide bonds. The van der Waals surface area contributed by atoms with Crippen molar-refractivity contribution in [1.82, 2.24) is 15.2 Å². The van der Waals surface area contributed by atoms with Crippen molar-refractivity contribution in [3.63, 3.8) is 0 Å². The zero-order chi connectivity index (χ0) is 8.81. The molecule has 0 unspecified atom stereocenters. The molecule has 0 saturated carbocycles. The molecule has 1 heterocycles. The number of aromatic nitrogens is 3. The maximum atomic E-state index is 4.09. The first-order valence-electron chi connectivity index (χ1n) is 3.97. The maximum Gasteiger partial charge on any atom is 0.239 e. The number of hydrogen-bond acceptors (Lipinski definition) is 4. The second kappa shape index (κ2) is 4.48. The van der Waals surface area contributed by atoms with E-state index in [4.69, 9.17) is 0 Å². The third-order valence-electron chi connectivity index (χ3n) is 1.38. The van der Waals surface area contributed by atoms with Gasteiger partial charge in [-0.25, -0.2) is 10.5 Å². The van der Waals surface area contributed by atoms with Crippen LogP contribution in [-0.2, 0) is 0 Å². The van der Waals surface area contributed by atoms with E-state index in [0.29, 0.717) is 5.95 Å². The minimum Gasteiger partial charge on any atom is -0.246 e. The van der Waals surface area contributed by atoms with E-state index in [0.717, 1.165) is 18.6 Å². The first-order chi connectivity index (χ1) is 5.83. The largest absolute Gasteiger partial charge is 0.246 e. The van der Waals surface area contributed by atoms with Crippen molar-refractivity contribution in [2.75, 3.05) is 5.43 Å². The van der Waals surface area contributed by atoms with Gasteiger partial charge in [-0.05, 0) is 13.3 Å². The summed E-state index contributed by atoms with van der Waals surface area (Å²) in [6.07, 6.45) is 3.54. The average molecular weight is 167 g/mol. The molecule has 0 aromatic carbocycles. The summed E-state index contributed by atoms with van der Waals surface area (Å²) in [6.45, 7) is 4.10. The van der Waals surface area contributed by atoms with Gasteiger partial charge in [-0.1, -0.05) is 13.3 Å². The summed E-state index contributed by atoms with van der Waals surface area (Å²) in [5, 5.41) is 10.4. The Morgan fingerprint density at radius 1 is 1.75 bits per heavy atom. The fourth-order valence-electron chi connectivity index (χ4n) is 0.825. The number of anilines is 1. The summed E-state index contributed by atoms with van der Waals surface area (Å²) in [4.78, 5) is 3.86. The molecule has 66 valence electrons. The lowest BCUT2D eigenvalue weighted by molar-refractivity contribution is 0.979. The van der Waals surface area contributed by atoms with Crippen LogP contribution in [0.15, 0.2) is 11.4 Å². The zero-order valence-corrected chi connectivity index (χ0v) is 7.33. The Balaban J connectivity index is 2.38. The van der Waals surface area contributed by atoms with Crippen molar-refractivity contribution in [2.45, 2.75) is 26.7 Å². The van der Waals surface area contributed by atoms with Gasteiger partial charge in [-0.2, -0.15) is 15.2 Å². The van der Waals surface area contributed by atoms with Crippen LogP contribution in [0.1, 0.15) is 26.7 Å². The summed E-state index contributed by atoms with van der Waals surface area (Å²) in [5.74, 6) is 0.574. The number of nitrogens with one attached hydrogen (secondary N) is 2. The molecule has 2 N–H and O–H groups in total. The van der Waals surface area contributed by atoms with Crippen molar-refractivity contribution in [1.29, 1.82) is 0 Å². The summed E-state index contributed by atoms with van der Waals surface area (Å²) in [7, 11) is 0. The van der Waals surface area contributed by atoms with Gasteiger partial charge in [0.2, 0.25) is 5.95 Å². The fourth-order valence-corrected chi connectivity index (χ4v) is 0.825. The second-order valence-electron chi connectivity index (χ2n) is 2.54. The monoisotopic (exact) mass is 167 g/mol. The molecule has 0 saturated heterocycles. The van der Waals surface area contributed by atoms with Crippen LogP contribution in [-0.4, -0.2) is 20.9 Å². The topological polar surface area (TPSA) is 66.0 Å². The van der Waals surface area contributed by atoms with Gasteiger partial charge in [-0.3, -0.25) is 0 Å². The Hall–Kier alpha value is -1.39. The fraction of sp³-hybridized carbons (Fsp3) is 0.571. The van der Waals surface area contributed by atoms with E-state index in [9.17, 15) is 0 Å². The van der Waals surface area contributed by atoms with Gasteiger partial charge in [0.05, 0.1) is 0 Å². The SMILES string of the molecule is CCC/C(C)=N/Nc1ncn[nH]1. The van der Waals surface area contributed by atoms with Crippen LogP contribution >= 0.6 is 0 Å². The van der Waals surface area contributed by atoms with Gasteiger partial charge in [-0.15, -0.1) is 0 Å². The quantitative estimate of drug-likeness (QED) is 0.526. The molecule has 1 rings (SSSR count). The third kappa shape index (κ3) is 2.69. The van der Waals surface area contributed by atoms with E-state index in [1.54, 1.807) is 0 Å². The summed E-state index contributed by atoms with van der Waals surface area (Å²) < 4.78 is 0. The molecule has 0 bridgehead atoms. The first-order valence-corrected chi connectivity index (χ1v) is 3.97. The molecule has 0 aliphatic rings. The molecule has 0 radical (unpaired) electrons. The Labute approximate surface area is 71.3 Å². The molecular formula is C7H13N5. The lowest BCUT2D eigenvalue weighted by Crippen LogP contribution is -1.98. The second-order valence-corrected chi connectivity index (χ2v) is 2.54. The molecule has 0 aliphatic carbocycles. The number of hydrogen-bond donors (Lipinski definition) is 2. The highest BCUT2D eigenvalue weighted by Crippen LogP contribution is 1.95. The van der Waals surface area contributed by atoms with Gasteiger partial charge >= 0.3 is 0 Å². The molecular weight excluding hydrogens is 154 g/mol. The van der Waals surface area contributed by atoms with Gasteiger partial charge in [0.15, 0.2) is 0 Å². The standard InChI is InChI=1S/C7H13N5/c1-3-4-6(2)10-12-7-8-5-9-11-7/h5H,3-4H2,1-2H3,(H2,8,9,11,12)/b10-6+. The molecule has 0 fully saturated rings. The molecule has 0 atom stereocenters.